The Balaban J connectivity index is 2.05. The minimum Gasteiger partial charge on any atom is -0.0879 e. The maximum atomic E-state index is 2.39. The molecule has 1 atom stereocenters. The highest BCUT2D eigenvalue weighted by molar-refractivity contribution is 5.22. The first kappa shape index (κ1) is 5.28. The van der Waals surface area contributed by atoms with Crippen LogP contribution in [0.1, 0.15) is 25.7 Å². The normalized spacial score (nSPS) is 32.0. The fourth-order valence-electron chi connectivity index (χ4n) is 1.59. The molecule has 0 radical (unpaired) electrons. The summed E-state index contributed by atoms with van der Waals surface area (Å²) in [6.07, 6.45) is 12.5. The van der Waals surface area contributed by atoms with Gasteiger partial charge in [0, 0.05) is 0 Å². The van der Waals surface area contributed by atoms with Gasteiger partial charge in [0.15, 0.2) is 0 Å². The van der Waals surface area contributed by atoms with Crippen LogP contribution in [0.2, 0.25) is 0 Å². The van der Waals surface area contributed by atoms with Crippen molar-refractivity contribution in [3.05, 3.63) is 23.8 Å². The highest BCUT2D eigenvalue weighted by atomic mass is 14.2. The van der Waals surface area contributed by atoms with Crippen LogP contribution in [0.5, 0.6) is 0 Å². The van der Waals surface area contributed by atoms with Crippen LogP contribution >= 0.6 is 0 Å². The first-order valence-corrected chi connectivity index (χ1v) is 3.82. The van der Waals surface area contributed by atoms with Crippen LogP contribution < -0.4 is 0 Å². The second-order valence-corrected chi connectivity index (χ2v) is 2.93. The molecule has 0 aliphatic heterocycles. The van der Waals surface area contributed by atoms with Gasteiger partial charge in [-0.15, -0.1) is 0 Å². The molecule has 1 unspecified atom stereocenters. The van der Waals surface area contributed by atoms with Crippen LogP contribution in [-0.2, 0) is 0 Å². The lowest BCUT2D eigenvalue weighted by atomic mass is 9.87. The van der Waals surface area contributed by atoms with E-state index in [4.69, 9.17) is 0 Å². The van der Waals surface area contributed by atoms with Crippen molar-refractivity contribution in [2.24, 2.45) is 5.92 Å². The van der Waals surface area contributed by atoms with Crippen molar-refractivity contribution in [1.29, 1.82) is 0 Å². The molecule has 0 nitrogen and oxygen atoms in total. The standard InChI is InChI=1S/C9H12/c1-2-5-8(4-1)9-6-3-7-9/h1,4,6,8H,2-3,5,7H2. The average Bonchev–Trinajstić information content (AvgIpc) is 2.11. The molecule has 0 heteroatoms. The van der Waals surface area contributed by atoms with E-state index in [0.717, 1.165) is 5.92 Å². The van der Waals surface area contributed by atoms with Crippen molar-refractivity contribution in [3.8, 4) is 0 Å². The zero-order valence-electron chi connectivity index (χ0n) is 5.64. The van der Waals surface area contributed by atoms with E-state index in [-0.39, 0.29) is 0 Å². The van der Waals surface area contributed by atoms with Gasteiger partial charge in [-0.1, -0.05) is 23.8 Å². The smallest absolute Gasteiger partial charge is 0.00202 e. The molecule has 0 spiro atoms. The molecule has 2 aliphatic carbocycles. The van der Waals surface area contributed by atoms with Crippen molar-refractivity contribution in [3.63, 3.8) is 0 Å². The summed E-state index contributed by atoms with van der Waals surface area (Å²) < 4.78 is 0. The topological polar surface area (TPSA) is 0 Å². The molecule has 0 fully saturated rings. The molecule has 0 saturated carbocycles. The van der Waals surface area contributed by atoms with E-state index in [9.17, 15) is 0 Å². The molecule has 0 aromatic carbocycles. The highest BCUT2D eigenvalue weighted by Crippen LogP contribution is 2.33. The zero-order valence-corrected chi connectivity index (χ0v) is 5.64. The third-order valence-electron chi connectivity index (χ3n) is 2.33. The van der Waals surface area contributed by atoms with E-state index >= 15 is 0 Å². The molecule has 0 N–H and O–H groups in total. The Morgan fingerprint density at radius 1 is 1.33 bits per heavy atom. The Hall–Kier alpha value is -0.520. The number of hydrogen-bond acceptors (Lipinski definition) is 0. The Morgan fingerprint density at radius 2 is 2.22 bits per heavy atom. The Bertz CT molecular complexity index is 163. The van der Waals surface area contributed by atoms with E-state index in [1.54, 1.807) is 5.57 Å². The van der Waals surface area contributed by atoms with E-state index in [1.165, 1.54) is 25.7 Å². The van der Waals surface area contributed by atoms with Gasteiger partial charge in [-0.2, -0.15) is 0 Å². The average molecular weight is 120 g/mol. The Labute approximate surface area is 56.3 Å². The second-order valence-electron chi connectivity index (χ2n) is 2.93. The molecule has 0 heterocycles. The third-order valence-corrected chi connectivity index (χ3v) is 2.33. The monoisotopic (exact) mass is 120 g/mol. The first-order chi connectivity index (χ1) is 4.47. The van der Waals surface area contributed by atoms with Crippen molar-refractivity contribution in [2.75, 3.05) is 0 Å². The molecule has 2 aliphatic rings. The van der Waals surface area contributed by atoms with E-state index < -0.39 is 0 Å². The van der Waals surface area contributed by atoms with E-state index in [0.29, 0.717) is 0 Å². The molecule has 0 aromatic rings. The van der Waals surface area contributed by atoms with Crippen LogP contribution in [0.25, 0.3) is 0 Å². The van der Waals surface area contributed by atoms with Crippen molar-refractivity contribution < 1.29 is 0 Å². The molecule has 0 aromatic heterocycles. The van der Waals surface area contributed by atoms with Gasteiger partial charge in [-0.05, 0) is 31.6 Å². The lowest BCUT2D eigenvalue weighted by Crippen LogP contribution is -2.03. The summed E-state index contributed by atoms with van der Waals surface area (Å²) in [5, 5.41) is 0. The van der Waals surface area contributed by atoms with E-state index in [2.05, 4.69) is 18.2 Å². The molecule has 2 rings (SSSR count). The first-order valence-electron chi connectivity index (χ1n) is 3.82. The van der Waals surface area contributed by atoms with Gasteiger partial charge < -0.3 is 0 Å². The summed E-state index contributed by atoms with van der Waals surface area (Å²) in [7, 11) is 0. The van der Waals surface area contributed by atoms with Crippen LogP contribution in [0.15, 0.2) is 23.8 Å². The van der Waals surface area contributed by atoms with Gasteiger partial charge in [0.05, 0.1) is 0 Å². The summed E-state index contributed by atoms with van der Waals surface area (Å²) in [4.78, 5) is 0. The van der Waals surface area contributed by atoms with Gasteiger partial charge in [0.2, 0.25) is 0 Å². The fraction of sp³-hybridized carbons (Fsp3) is 0.556. The van der Waals surface area contributed by atoms with Gasteiger partial charge in [0.25, 0.3) is 0 Å². The SMILES string of the molecule is C1=CC(C2=CCC2)CC1. The van der Waals surface area contributed by atoms with Gasteiger partial charge in [-0.25, -0.2) is 0 Å². The molecule has 48 valence electrons. The molecular formula is C9H12. The van der Waals surface area contributed by atoms with Crippen molar-refractivity contribution >= 4 is 0 Å². The van der Waals surface area contributed by atoms with Gasteiger partial charge >= 0.3 is 0 Å². The largest absolute Gasteiger partial charge is 0.0879 e. The van der Waals surface area contributed by atoms with Crippen LogP contribution in [-0.4, -0.2) is 0 Å². The maximum absolute atomic E-state index is 2.39. The molecule has 9 heavy (non-hydrogen) atoms. The Morgan fingerprint density at radius 3 is 2.67 bits per heavy atom. The quantitative estimate of drug-likeness (QED) is 0.467. The summed E-state index contributed by atoms with van der Waals surface area (Å²) in [5.74, 6) is 0.846. The minimum atomic E-state index is 0.846. The lowest BCUT2D eigenvalue weighted by molar-refractivity contribution is 0.649. The van der Waals surface area contributed by atoms with Gasteiger partial charge in [0.1, 0.15) is 0 Å². The van der Waals surface area contributed by atoms with Crippen LogP contribution in [0.3, 0.4) is 0 Å². The highest BCUT2D eigenvalue weighted by Gasteiger charge is 2.17. The minimum absolute atomic E-state index is 0.846. The fourth-order valence-corrected chi connectivity index (χ4v) is 1.59. The number of rotatable bonds is 1. The maximum Gasteiger partial charge on any atom is -0.00202 e. The third kappa shape index (κ3) is 0.827. The molecule has 0 saturated heterocycles. The summed E-state index contributed by atoms with van der Waals surface area (Å²) >= 11 is 0. The van der Waals surface area contributed by atoms with Crippen LogP contribution in [0, 0.1) is 5.92 Å². The molecule has 0 bridgehead atoms. The Kier molecular flexibility index (Phi) is 1.18. The predicted octanol–water partition coefficient (Wildman–Crippen LogP) is 2.67. The second kappa shape index (κ2) is 2.02. The summed E-state index contributed by atoms with van der Waals surface area (Å²) in [5.41, 5.74) is 1.70. The van der Waals surface area contributed by atoms with Crippen molar-refractivity contribution in [2.45, 2.75) is 25.7 Å². The summed E-state index contributed by atoms with van der Waals surface area (Å²) in [6, 6.07) is 0. The number of hydrogen-bond donors (Lipinski definition) is 0. The molecule has 0 amide bonds. The molecular weight excluding hydrogens is 108 g/mol. The van der Waals surface area contributed by atoms with Gasteiger partial charge in [-0.3, -0.25) is 0 Å². The lowest BCUT2D eigenvalue weighted by Gasteiger charge is -2.19. The van der Waals surface area contributed by atoms with Crippen LogP contribution in [0.4, 0.5) is 0 Å². The zero-order chi connectivity index (χ0) is 6.10. The van der Waals surface area contributed by atoms with Crippen molar-refractivity contribution in [1.82, 2.24) is 0 Å². The predicted molar refractivity (Wildman–Crippen MR) is 39.2 cm³/mol. The summed E-state index contributed by atoms with van der Waals surface area (Å²) in [6.45, 7) is 0. The van der Waals surface area contributed by atoms with E-state index in [1.807, 2.05) is 0 Å². The number of allylic oxidation sites excluding steroid dienone is 4.